The summed E-state index contributed by atoms with van der Waals surface area (Å²) in [6.07, 6.45) is 17.7. The molecule has 1 aliphatic carbocycles. The molecule has 1 unspecified atom stereocenters. The lowest BCUT2D eigenvalue weighted by Gasteiger charge is -2.38. The zero-order valence-corrected chi connectivity index (χ0v) is 44.4. The highest BCUT2D eigenvalue weighted by molar-refractivity contribution is 5.76. The normalized spacial score (nSPS) is 18.0. The number of halogens is 3. The number of piperidine rings is 1. The van der Waals surface area contributed by atoms with Crippen molar-refractivity contribution < 1.29 is 46.6 Å². The molecule has 15 nitrogen and oxygen atoms in total. The number of alkyl halides is 3. The van der Waals surface area contributed by atoms with Crippen LogP contribution in [-0.2, 0) is 33.8 Å². The average Bonchev–Trinajstić information content (AvgIpc) is 4.11. The van der Waals surface area contributed by atoms with E-state index in [4.69, 9.17) is 16.2 Å². The maximum atomic E-state index is 13.6. The summed E-state index contributed by atoms with van der Waals surface area (Å²) < 4.78 is 54.5. The van der Waals surface area contributed by atoms with Gasteiger partial charge < -0.3 is 41.2 Å². The van der Waals surface area contributed by atoms with Crippen molar-refractivity contribution in [3.63, 3.8) is 0 Å². The number of nitrogens with zero attached hydrogens (tertiary/aromatic N) is 5. The largest absolute Gasteiger partial charge is 0.573 e. The predicted molar refractivity (Wildman–Crippen MR) is 281 cm³/mol. The lowest BCUT2D eigenvalue weighted by Crippen LogP contribution is -2.48. The Morgan fingerprint density at radius 1 is 0.824 bits per heavy atom. The number of quaternary nitrogens is 1. The van der Waals surface area contributed by atoms with Crippen LogP contribution in [0.25, 0.3) is 5.69 Å². The van der Waals surface area contributed by atoms with Gasteiger partial charge in [-0.1, -0.05) is 69.2 Å². The smallest absolute Gasteiger partial charge is 0.490 e. The summed E-state index contributed by atoms with van der Waals surface area (Å²) in [7, 11) is 2.23. The third-order valence-electron chi connectivity index (χ3n) is 15.7. The molecule has 1 aromatic heterocycles. The summed E-state index contributed by atoms with van der Waals surface area (Å²) in [5.41, 5.74) is 15.2. The first-order valence-corrected chi connectivity index (χ1v) is 28.0. The summed E-state index contributed by atoms with van der Waals surface area (Å²) in [4.78, 5) is 38.5. The molecule has 1 saturated heterocycles. The molecule has 3 aliphatic rings. The predicted octanol–water partition coefficient (Wildman–Crippen LogP) is 8.59. The van der Waals surface area contributed by atoms with Crippen molar-refractivity contribution in [1.82, 2.24) is 30.5 Å². The van der Waals surface area contributed by atoms with Gasteiger partial charge in [0.25, 0.3) is 0 Å². The van der Waals surface area contributed by atoms with Crippen molar-refractivity contribution in [2.75, 3.05) is 66.0 Å². The Labute approximate surface area is 437 Å². The van der Waals surface area contributed by atoms with Gasteiger partial charge in [0.15, 0.2) is 0 Å². The van der Waals surface area contributed by atoms with Crippen molar-refractivity contribution in [1.29, 1.82) is 0 Å². The number of nitrogens with two attached hydrogens (primary N) is 2. The second kappa shape index (κ2) is 29.5. The molecule has 3 aromatic rings. The third kappa shape index (κ3) is 19.4. The molecule has 6 rings (SSSR count). The Morgan fingerprint density at radius 2 is 1.46 bits per heavy atom. The van der Waals surface area contributed by atoms with E-state index in [0.29, 0.717) is 81.7 Å². The number of carbonyl (C=O) groups excluding carboxylic acids is 2. The summed E-state index contributed by atoms with van der Waals surface area (Å²) in [5.74, 6) is 0.165. The van der Waals surface area contributed by atoms with Gasteiger partial charge in [0.1, 0.15) is 17.6 Å². The van der Waals surface area contributed by atoms with Crippen LogP contribution in [-0.4, -0.2) is 126 Å². The van der Waals surface area contributed by atoms with E-state index in [1.54, 1.807) is 23.7 Å². The van der Waals surface area contributed by atoms with Crippen LogP contribution in [0.4, 0.5) is 13.2 Å². The van der Waals surface area contributed by atoms with Crippen LogP contribution in [0.1, 0.15) is 157 Å². The highest BCUT2D eigenvalue weighted by Gasteiger charge is 2.40. The van der Waals surface area contributed by atoms with E-state index in [1.807, 2.05) is 6.20 Å². The number of aryl methyl sites for hydroxylation is 2. The molecule has 74 heavy (non-hydrogen) atoms. The standard InChI is InChI=1S/C56H86F3N9O6/c1-41(55(71)72)54(44-18-19-44)45-20-17-42-21-23-49(73-51(42)38-45)43-25-32-66(33-26-43)39-46-37-48(22-24-50(46)74-56(57,58)59)67-40-47(64-65-67)15-11-9-7-5-3-4-6-8-10-13-34-68(2,36-27-53(70)63-31-29-61)35-14-12-16-52(69)62-30-28-60/h17,20,22,24,37-38,40-41,43-44,49,54H,3-16,18-19,21,23,25-36,39,60-61H2,1-2H3,(H2-,62,63,69,70,71,72)/p+1/t41-,49+,54-,68?/m0/s1. The van der Waals surface area contributed by atoms with E-state index >= 15 is 0 Å². The monoisotopic (exact) mass is 1040 g/mol. The number of rotatable bonds is 34. The van der Waals surface area contributed by atoms with Gasteiger partial charge in [-0.2, -0.15) is 0 Å². The Kier molecular flexibility index (Phi) is 23.3. The number of unbranched alkanes of at least 4 members (excludes halogenated alkanes) is 10. The molecular formula is C56H87F3N9O6+. The summed E-state index contributed by atoms with van der Waals surface area (Å²) in [5, 5.41) is 24.3. The maximum absolute atomic E-state index is 13.6. The van der Waals surface area contributed by atoms with Gasteiger partial charge in [-0.05, 0) is 143 Å². The fourth-order valence-corrected chi connectivity index (χ4v) is 11.1. The van der Waals surface area contributed by atoms with Gasteiger partial charge in [-0.15, -0.1) is 18.3 Å². The van der Waals surface area contributed by atoms with E-state index in [9.17, 15) is 32.7 Å². The van der Waals surface area contributed by atoms with Crippen molar-refractivity contribution in [3.05, 3.63) is 65.0 Å². The van der Waals surface area contributed by atoms with Crippen molar-refractivity contribution in [2.24, 2.45) is 29.2 Å². The second-order valence-electron chi connectivity index (χ2n) is 21.7. The third-order valence-corrected chi connectivity index (χ3v) is 15.7. The molecule has 2 amide bonds. The topological polar surface area (TPSA) is 200 Å². The highest BCUT2D eigenvalue weighted by atomic mass is 19.4. The molecule has 4 atom stereocenters. The fourth-order valence-electron chi connectivity index (χ4n) is 11.1. The molecule has 0 spiro atoms. The molecule has 2 aromatic carbocycles. The van der Waals surface area contributed by atoms with Gasteiger partial charge in [0.05, 0.1) is 56.6 Å². The molecule has 0 bridgehead atoms. The summed E-state index contributed by atoms with van der Waals surface area (Å²) in [6.45, 7) is 8.10. The molecule has 2 fully saturated rings. The number of likely N-dealkylation sites (tertiary alicyclic amines) is 1. The van der Waals surface area contributed by atoms with Crippen molar-refractivity contribution >= 4 is 17.8 Å². The number of carboxylic acid groups (broad SMARTS) is 1. The number of amides is 2. The minimum absolute atomic E-state index is 0.0258. The number of hydrogen-bond donors (Lipinski definition) is 5. The first kappa shape index (κ1) is 58.5. The quantitative estimate of drug-likeness (QED) is 0.0284. The zero-order valence-electron chi connectivity index (χ0n) is 44.4. The van der Waals surface area contributed by atoms with Crippen LogP contribution < -0.4 is 31.6 Å². The number of aliphatic carboxylic acids is 1. The molecule has 0 radical (unpaired) electrons. The van der Waals surface area contributed by atoms with Gasteiger partial charge in [0.2, 0.25) is 11.8 Å². The van der Waals surface area contributed by atoms with Gasteiger partial charge >= 0.3 is 12.3 Å². The van der Waals surface area contributed by atoms with E-state index in [0.717, 1.165) is 137 Å². The number of ether oxygens (including phenoxy) is 2. The van der Waals surface area contributed by atoms with Gasteiger partial charge in [0, 0.05) is 44.7 Å². The first-order chi connectivity index (χ1) is 35.6. The molecule has 412 valence electrons. The highest BCUT2D eigenvalue weighted by Crippen LogP contribution is 2.48. The average molecular weight is 1040 g/mol. The van der Waals surface area contributed by atoms with E-state index in [1.165, 1.54) is 38.2 Å². The van der Waals surface area contributed by atoms with Crippen LogP contribution in [0.15, 0.2) is 42.6 Å². The fraction of sp³-hybridized carbons (Fsp3) is 0.696. The number of carbonyl (C=O) groups is 3. The Morgan fingerprint density at radius 3 is 2.09 bits per heavy atom. The zero-order chi connectivity index (χ0) is 52.9. The van der Waals surface area contributed by atoms with Crippen molar-refractivity contribution in [2.45, 2.75) is 167 Å². The van der Waals surface area contributed by atoms with E-state index in [2.05, 4.69) is 55.8 Å². The number of fused-ring (bicyclic) bond motifs is 1. The lowest BCUT2D eigenvalue weighted by atomic mass is 9.81. The number of aromatic nitrogens is 3. The van der Waals surface area contributed by atoms with Crippen LogP contribution in [0.2, 0.25) is 0 Å². The van der Waals surface area contributed by atoms with Gasteiger partial charge in [-0.25, -0.2) is 4.68 Å². The lowest BCUT2D eigenvalue weighted by molar-refractivity contribution is -0.909. The van der Waals surface area contributed by atoms with Crippen LogP contribution in [0.3, 0.4) is 0 Å². The van der Waals surface area contributed by atoms with E-state index in [-0.39, 0.29) is 29.6 Å². The molecule has 2 aliphatic heterocycles. The molecule has 1 saturated carbocycles. The van der Waals surface area contributed by atoms with E-state index < -0.39 is 18.2 Å². The summed E-state index contributed by atoms with van der Waals surface area (Å²) in [6, 6.07) is 11.0. The first-order valence-electron chi connectivity index (χ1n) is 28.0. The SMILES string of the molecule is C[C@H](C(=O)O)[C@H](c1ccc2c(c1)O[C@@H](C1CCN(Cc3cc(-n4cc(CCCCCCCCCCCC[N+](C)(CCCCC(=O)NCCN)CCC(=O)NCCN)nn4)ccc3OC(F)(F)F)CC1)CC2)C1CC1. The number of nitrogens with one attached hydrogen (secondary N) is 2. The minimum Gasteiger partial charge on any atom is -0.490 e. The van der Waals surface area contributed by atoms with Gasteiger partial charge in [-0.3, -0.25) is 19.3 Å². The second-order valence-corrected chi connectivity index (χ2v) is 21.7. The maximum Gasteiger partial charge on any atom is 0.573 e. The minimum atomic E-state index is -4.83. The molecule has 3 heterocycles. The molecule has 7 N–H and O–H groups in total. The number of benzene rings is 2. The molecular weight excluding hydrogens is 952 g/mol. The Hall–Kier alpha value is -4.78. The molecule has 18 heteroatoms. The Bertz CT molecular complexity index is 2200. The number of carboxylic acids is 1. The van der Waals surface area contributed by atoms with Crippen molar-refractivity contribution in [3.8, 4) is 17.2 Å². The van der Waals surface area contributed by atoms with Crippen LogP contribution in [0, 0.1) is 17.8 Å². The summed E-state index contributed by atoms with van der Waals surface area (Å²) >= 11 is 0. The van der Waals surface area contributed by atoms with Crippen LogP contribution in [0.5, 0.6) is 11.5 Å². The Balaban J connectivity index is 0.884. The van der Waals surface area contributed by atoms with Crippen LogP contribution >= 0.6 is 0 Å². The number of hydrogen-bond acceptors (Lipinski definition) is 10.